The maximum absolute atomic E-state index is 12.6. The fraction of sp³-hybridized carbons (Fsp3) is 0.333. The molecule has 4 rings (SSSR count). The molecule has 0 aliphatic carbocycles. The van der Waals surface area contributed by atoms with E-state index in [2.05, 4.69) is 15.7 Å². The number of ether oxygens (including phenoxy) is 5. The second-order valence-corrected chi connectivity index (χ2v) is 7.92. The lowest BCUT2D eigenvalue weighted by molar-refractivity contribution is -0.384. The minimum atomic E-state index is -0.662. The van der Waals surface area contributed by atoms with Gasteiger partial charge in [0, 0.05) is 41.7 Å². The number of fused-ring (bicyclic) bond motifs is 1. The van der Waals surface area contributed by atoms with Gasteiger partial charge < -0.3 is 28.5 Å². The minimum Gasteiger partial charge on any atom is -0.492 e. The molecule has 0 aromatic heterocycles. The molecule has 2 aromatic rings. The first-order chi connectivity index (χ1) is 18.4. The average molecular weight is 528 g/mol. The maximum Gasteiger partial charge on any atom is 0.356 e. The summed E-state index contributed by atoms with van der Waals surface area (Å²) in [5.74, 6) is -0.0122. The van der Waals surface area contributed by atoms with Crippen LogP contribution in [0.5, 0.6) is 23.0 Å². The van der Waals surface area contributed by atoms with Crippen molar-refractivity contribution >= 4 is 29.5 Å². The Morgan fingerprint density at radius 2 is 1.97 bits per heavy atom. The lowest BCUT2D eigenvalue weighted by Crippen LogP contribution is -2.20. The Balaban J connectivity index is 1.64. The van der Waals surface area contributed by atoms with Crippen molar-refractivity contribution in [1.29, 1.82) is 0 Å². The Morgan fingerprint density at radius 1 is 1.24 bits per heavy atom. The number of benzene rings is 2. The molecule has 14 nitrogen and oxygen atoms in total. The second kappa shape index (κ2) is 11.5. The number of carbonyl (C=O) groups excluding carboxylic acids is 2. The third kappa shape index (κ3) is 5.28. The summed E-state index contributed by atoms with van der Waals surface area (Å²) in [5, 5.41) is 18.9. The van der Waals surface area contributed by atoms with Gasteiger partial charge in [-0.2, -0.15) is 5.10 Å². The van der Waals surface area contributed by atoms with Gasteiger partial charge in [0.1, 0.15) is 6.10 Å². The summed E-state index contributed by atoms with van der Waals surface area (Å²) in [4.78, 5) is 40.5. The highest BCUT2D eigenvalue weighted by atomic mass is 16.7. The molecule has 1 N–H and O–H groups in total. The summed E-state index contributed by atoms with van der Waals surface area (Å²) in [6, 6.07) is 5.23. The first kappa shape index (κ1) is 26.2. The minimum absolute atomic E-state index is 0.0507. The largest absolute Gasteiger partial charge is 0.492 e. The van der Waals surface area contributed by atoms with Crippen molar-refractivity contribution in [2.24, 2.45) is 10.3 Å². The summed E-state index contributed by atoms with van der Waals surface area (Å²) in [7, 11) is 2.88. The zero-order valence-electron chi connectivity index (χ0n) is 20.7. The summed E-state index contributed by atoms with van der Waals surface area (Å²) in [6.45, 7) is 1.83. The van der Waals surface area contributed by atoms with Crippen molar-refractivity contribution in [2.75, 3.05) is 27.6 Å². The third-order valence-electron chi connectivity index (χ3n) is 5.63. The van der Waals surface area contributed by atoms with Gasteiger partial charge in [-0.1, -0.05) is 11.2 Å². The molecule has 2 heterocycles. The maximum atomic E-state index is 12.6. The van der Waals surface area contributed by atoms with E-state index in [1.54, 1.807) is 6.92 Å². The van der Waals surface area contributed by atoms with Gasteiger partial charge in [0.25, 0.3) is 11.6 Å². The van der Waals surface area contributed by atoms with Gasteiger partial charge in [0.05, 0.1) is 32.0 Å². The fourth-order valence-electron chi connectivity index (χ4n) is 3.97. The molecule has 2 aromatic carbocycles. The zero-order valence-corrected chi connectivity index (χ0v) is 20.7. The van der Waals surface area contributed by atoms with E-state index >= 15 is 0 Å². The Hall–Kier alpha value is -4.88. The van der Waals surface area contributed by atoms with Crippen LogP contribution in [-0.2, 0) is 20.8 Å². The summed E-state index contributed by atoms with van der Waals surface area (Å²) < 4.78 is 27.4. The van der Waals surface area contributed by atoms with Crippen molar-refractivity contribution < 1.29 is 43.0 Å². The van der Waals surface area contributed by atoms with Gasteiger partial charge in [-0.3, -0.25) is 14.9 Å². The summed E-state index contributed by atoms with van der Waals surface area (Å²) >= 11 is 0. The van der Waals surface area contributed by atoms with Crippen molar-refractivity contribution in [3.05, 3.63) is 51.1 Å². The number of hydrogen-bond donors (Lipinski definition) is 1. The van der Waals surface area contributed by atoms with Gasteiger partial charge in [-0.05, 0) is 13.0 Å². The Labute approximate surface area is 216 Å². The molecule has 2 aliphatic rings. The van der Waals surface area contributed by atoms with E-state index in [1.807, 2.05) is 0 Å². The molecule has 2 aliphatic heterocycles. The molecular formula is C24H24N4O10. The molecule has 0 saturated carbocycles. The van der Waals surface area contributed by atoms with Gasteiger partial charge in [-0.15, -0.1) is 0 Å². The molecule has 1 atom stereocenters. The van der Waals surface area contributed by atoms with Crippen LogP contribution in [0.1, 0.15) is 34.8 Å². The van der Waals surface area contributed by atoms with Crippen molar-refractivity contribution in [1.82, 2.24) is 5.43 Å². The quantitative estimate of drug-likeness (QED) is 0.209. The number of non-ortho nitro benzene ring substituents is 1. The van der Waals surface area contributed by atoms with Crippen LogP contribution < -0.4 is 24.4 Å². The SMILES string of the molecule is CCOC(=O)C1=NOC(Cc2c(C=NNC(=O)c3cccc([N+](=O)[O-])c3)c(OC)c3c(c2OC)OCO3)C1. The van der Waals surface area contributed by atoms with E-state index in [0.717, 1.165) is 6.07 Å². The average Bonchev–Trinajstić information content (AvgIpc) is 3.59. The number of oxime groups is 1. The van der Waals surface area contributed by atoms with Crippen LogP contribution in [0, 0.1) is 10.1 Å². The normalized spacial score (nSPS) is 15.6. The van der Waals surface area contributed by atoms with Crippen LogP contribution in [0.4, 0.5) is 5.69 Å². The van der Waals surface area contributed by atoms with E-state index < -0.39 is 22.9 Å². The van der Waals surface area contributed by atoms with Crippen LogP contribution in [0.3, 0.4) is 0 Å². The van der Waals surface area contributed by atoms with Gasteiger partial charge in [0.15, 0.2) is 17.2 Å². The van der Waals surface area contributed by atoms with Crippen LogP contribution in [0.15, 0.2) is 34.5 Å². The zero-order chi connectivity index (χ0) is 27.2. The Bertz CT molecular complexity index is 1320. The molecule has 1 amide bonds. The topological polar surface area (TPSA) is 169 Å². The standard InChI is InChI=1S/C24H24N4O10/c1-4-35-24(30)18-10-15(38-27-18)9-16-17(20(34-3)22-21(19(16)33-2)36-12-37-22)11-25-26-23(29)13-6-5-7-14(8-13)28(31)32/h5-8,11,15H,4,9-10,12H2,1-3H3,(H,26,29). The molecule has 200 valence electrons. The molecule has 0 spiro atoms. The van der Waals surface area contributed by atoms with E-state index in [4.69, 9.17) is 28.5 Å². The van der Waals surface area contributed by atoms with Gasteiger partial charge in [0.2, 0.25) is 18.3 Å². The number of carbonyl (C=O) groups is 2. The van der Waals surface area contributed by atoms with Gasteiger partial charge in [-0.25, -0.2) is 10.2 Å². The van der Waals surface area contributed by atoms with E-state index in [0.29, 0.717) is 22.6 Å². The molecule has 0 fully saturated rings. The van der Waals surface area contributed by atoms with E-state index in [1.165, 1.54) is 38.6 Å². The smallest absolute Gasteiger partial charge is 0.356 e. The highest BCUT2D eigenvalue weighted by molar-refractivity contribution is 6.36. The van der Waals surface area contributed by atoms with Crippen LogP contribution in [0.2, 0.25) is 0 Å². The van der Waals surface area contributed by atoms with Gasteiger partial charge >= 0.3 is 5.97 Å². The van der Waals surface area contributed by atoms with Crippen molar-refractivity contribution in [2.45, 2.75) is 25.9 Å². The van der Waals surface area contributed by atoms with E-state index in [9.17, 15) is 19.7 Å². The number of amides is 1. The van der Waals surface area contributed by atoms with Crippen molar-refractivity contribution in [3.8, 4) is 23.0 Å². The molecule has 0 bridgehead atoms. The van der Waals surface area contributed by atoms with E-state index in [-0.39, 0.29) is 54.7 Å². The second-order valence-electron chi connectivity index (χ2n) is 7.92. The van der Waals surface area contributed by atoms with Crippen molar-refractivity contribution in [3.63, 3.8) is 0 Å². The Morgan fingerprint density at radius 3 is 2.66 bits per heavy atom. The third-order valence-corrected chi connectivity index (χ3v) is 5.63. The number of methoxy groups -OCH3 is 2. The predicted octanol–water partition coefficient (Wildman–Crippen LogP) is 2.36. The first-order valence-corrected chi connectivity index (χ1v) is 11.4. The molecular weight excluding hydrogens is 504 g/mol. The molecule has 14 heteroatoms. The first-order valence-electron chi connectivity index (χ1n) is 11.4. The number of nitro benzene ring substituents is 1. The van der Waals surface area contributed by atoms with Crippen LogP contribution in [-0.4, -0.2) is 62.4 Å². The van der Waals surface area contributed by atoms with Crippen LogP contribution >= 0.6 is 0 Å². The summed E-state index contributed by atoms with van der Waals surface area (Å²) in [6.07, 6.45) is 1.18. The number of nitrogens with zero attached hydrogens (tertiary/aromatic N) is 3. The summed E-state index contributed by atoms with van der Waals surface area (Å²) in [5.41, 5.74) is 3.25. The molecule has 38 heavy (non-hydrogen) atoms. The Kier molecular flexibility index (Phi) is 7.89. The molecule has 0 saturated heterocycles. The number of hydrazone groups is 1. The number of rotatable bonds is 10. The van der Waals surface area contributed by atoms with Crippen LogP contribution in [0.25, 0.3) is 0 Å². The fourth-order valence-corrected chi connectivity index (χ4v) is 3.97. The number of esters is 1. The monoisotopic (exact) mass is 528 g/mol. The number of hydrogen-bond acceptors (Lipinski definition) is 12. The lowest BCUT2D eigenvalue weighted by Gasteiger charge is -2.19. The highest BCUT2D eigenvalue weighted by Crippen LogP contribution is 2.52. The highest BCUT2D eigenvalue weighted by Gasteiger charge is 2.34. The lowest BCUT2D eigenvalue weighted by atomic mass is 9.96. The predicted molar refractivity (Wildman–Crippen MR) is 131 cm³/mol. The number of nitro groups is 1. The molecule has 1 unspecified atom stereocenters. The number of nitrogens with one attached hydrogen (secondary N) is 1. The molecule has 0 radical (unpaired) electrons.